The van der Waals surface area contributed by atoms with E-state index in [0.717, 1.165) is 60.9 Å². The number of hydrogen-bond acceptors (Lipinski definition) is 2. The van der Waals surface area contributed by atoms with Gasteiger partial charge in [0, 0.05) is 33.6 Å². The minimum absolute atomic E-state index is 0.854. The molecule has 10 rings (SSSR count). The smallest absolute Gasteiger partial charge is 0.143 e. The Morgan fingerprint density at radius 1 is 0.315 bits per heavy atom. The second kappa shape index (κ2) is 13.4. The summed E-state index contributed by atoms with van der Waals surface area (Å²) in [7, 11) is 0. The molecule has 0 N–H and O–H groups in total. The van der Waals surface area contributed by atoms with Crippen molar-refractivity contribution in [1.82, 2.24) is 0 Å². The van der Waals surface area contributed by atoms with Gasteiger partial charge in [-0.25, -0.2) is 0 Å². The highest BCUT2D eigenvalue weighted by molar-refractivity contribution is 6.20. The lowest BCUT2D eigenvalue weighted by Gasteiger charge is -2.27. The van der Waals surface area contributed by atoms with E-state index in [9.17, 15) is 0 Å². The summed E-state index contributed by atoms with van der Waals surface area (Å²) < 4.78 is 6.91. The van der Waals surface area contributed by atoms with Gasteiger partial charge in [-0.05, 0) is 86.3 Å². The zero-order valence-corrected chi connectivity index (χ0v) is 29.6. The molecule has 0 saturated carbocycles. The maximum atomic E-state index is 6.91. The summed E-state index contributed by atoms with van der Waals surface area (Å²) >= 11 is 0. The first-order valence-electron chi connectivity index (χ1n) is 18.4. The third kappa shape index (κ3) is 5.71. The monoisotopic (exact) mass is 689 g/mol. The van der Waals surface area contributed by atoms with Gasteiger partial charge in [-0.2, -0.15) is 0 Å². The normalized spacial score (nSPS) is 11.3. The molecule has 0 fully saturated rings. The number of benzene rings is 9. The molecule has 0 aliphatic rings. The summed E-state index contributed by atoms with van der Waals surface area (Å²) in [6.07, 6.45) is 0. The van der Waals surface area contributed by atoms with Crippen LogP contribution >= 0.6 is 0 Å². The van der Waals surface area contributed by atoms with Gasteiger partial charge in [0.15, 0.2) is 0 Å². The number of fused-ring (bicyclic) bond motifs is 5. The average Bonchev–Trinajstić information content (AvgIpc) is 3.64. The molecule has 54 heavy (non-hydrogen) atoms. The standard InChI is InChI=1S/C52H35NO/c1-4-12-36(13-5-1)39-20-22-43(23-21-39)49-34-46(35-50-51(49)48-33-28-42-18-10-11-19-47(42)52(48)54-50)53(44-29-24-40(25-30-44)37-14-6-2-7-15-37)45-31-26-41(27-32-45)38-16-8-3-9-17-38/h1-35H. The predicted octanol–water partition coefficient (Wildman–Crippen LogP) is 14.9. The molecule has 0 unspecified atom stereocenters. The van der Waals surface area contributed by atoms with Crippen LogP contribution in [-0.4, -0.2) is 0 Å². The molecule has 0 atom stereocenters. The van der Waals surface area contributed by atoms with Crippen LogP contribution in [0.3, 0.4) is 0 Å². The van der Waals surface area contributed by atoms with E-state index in [-0.39, 0.29) is 0 Å². The molecule has 254 valence electrons. The molecule has 0 saturated heterocycles. The molecular weight excluding hydrogens is 655 g/mol. The van der Waals surface area contributed by atoms with Crippen molar-refractivity contribution in [3.63, 3.8) is 0 Å². The van der Waals surface area contributed by atoms with Crippen LogP contribution in [0.4, 0.5) is 17.1 Å². The van der Waals surface area contributed by atoms with Crippen molar-refractivity contribution in [1.29, 1.82) is 0 Å². The van der Waals surface area contributed by atoms with Gasteiger partial charge in [0.1, 0.15) is 11.2 Å². The molecule has 0 bridgehead atoms. The Morgan fingerprint density at radius 3 is 1.30 bits per heavy atom. The Hall–Kier alpha value is -7.16. The first-order valence-corrected chi connectivity index (χ1v) is 18.4. The van der Waals surface area contributed by atoms with Gasteiger partial charge < -0.3 is 9.32 Å². The molecule has 0 aliphatic heterocycles. The van der Waals surface area contributed by atoms with E-state index < -0.39 is 0 Å². The Kier molecular flexibility index (Phi) is 7.85. The van der Waals surface area contributed by atoms with Crippen LogP contribution in [-0.2, 0) is 0 Å². The second-order valence-corrected chi connectivity index (χ2v) is 13.7. The first-order chi connectivity index (χ1) is 26.8. The molecular formula is C52H35NO. The van der Waals surface area contributed by atoms with E-state index in [1.807, 2.05) is 0 Å². The number of hydrogen-bond donors (Lipinski definition) is 0. The van der Waals surface area contributed by atoms with Crippen LogP contribution in [0.25, 0.3) is 77.2 Å². The van der Waals surface area contributed by atoms with Crippen LogP contribution in [0.2, 0.25) is 0 Å². The minimum Gasteiger partial charge on any atom is -0.455 e. The molecule has 0 aliphatic carbocycles. The quantitative estimate of drug-likeness (QED) is 0.166. The van der Waals surface area contributed by atoms with Gasteiger partial charge >= 0.3 is 0 Å². The van der Waals surface area contributed by atoms with Gasteiger partial charge in [0.25, 0.3) is 0 Å². The average molecular weight is 690 g/mol. The molecule has 0 spiro atoms. The van der Waals surface area contributed by atoms with E-state index in [4.69, 9.17) is 4.42 Å². The molecule has 10 aromatic rings. The van der Waals surface area contributed by atoms with Crippen molar-refractivity contribution in [2.24, 2.45) is 0 Å². The van der Waals surface area contributed by atoms with E-state index >= 15 is 0 Å². The van der Waals surface area contributed by atoms with Gasteiger partial charge in [-0.1, -0.05) is 170 Å². The summed E-state index contributed by atoms with van der Waals surface area (Å²) in [6.45, 7) is 0. The van der Waals surface area contributed by atoms with Crippen molar-refractivity contribution in [3.05, 3.63) is 212 Å². The maximum Gasteiger partial charge on any atom is 0.143 e. The van der Waals surface area contributed by atoms with Crippen molar-refractivity contribution in [2.75, 3.05) is 4.90 Å². The molecule has 2 heteroatoms. The number of furan rings is 1. The number of rotatable bonds is 7. The molecule has 9 aromatic carbocycles. The van der Waals surface area contributed by atoms with Crippen molar-refractivity contribution in [2.45, 2.75) is 0 Å². The van der Waals surface area contributed by atoms with E-state index in [2.05, 4.69) is 217 Å². The SMILES string of the molecule is c1ccc(-c2ccc(-c3cc(N(c4ccc(-c5ccccc5)cc4)c4ccc(-c5ccccc5)cc4)cc4oc5c6ccccc6ccc5c34)cc2)cc1. The summed E-state index contributed by atoms with van der Waals surface area (Å²) in [4.78, 5) is 2.34. The van der Waals surface area contributed by atoms with Crippen molar-refractivity contribution >= 4 is 49.8 Å². The fraction of sp³-hybridized carbons (Fsp3) is 0. The molecule has 0 radical (unpaired) electrons. The van der Waals surface area contributed by atoms with Crippen LogP contribution in [0.5, 0.6) is 0 Å². The van der Waals surface area contributed by atoms with Gasteiger partial charge in [0.05, 0.1) is 5.69 Å². The van der Waals surface area contributed by atoms with Crippen molar-refractivity contribution in [3.8, 4) is 44.5 Å². The maximum absolute atomic E-state index is 6.91. The zero-order chi connectivity index (χ0) is 35.8. The first kappa shape index (κ1) is 31.6. The van der Waals surface area contributed by atoms with Crippen LogP contribution < -0.4 is 4.90 Å². The van der Waals surface area contributed by atoms with Crippen LogP contribution in [0.15, 0.2) is 217 Å². The minimum atomic E-state index is 0.854. The van der Waals surface area contributed by atoms with Crippen LogP contribution in [0, 0.1) is 0 Å². The largest absolute Gasteiger partial charge is 0.455 e. The highest BCUT2D eigenvalue weighted by Gasteiger charge is 2.21. The van der Waals surface area contributed by atoms with Gasteiger partial charge in [-0.3, -0.25) is 0 Å². The molecule has 1 aromatic heterocycles. The van der Waals surface area contributed by atoms with Crippen molar-refractivity contribution < 1.29 is 4.42 Å². The Morgan fingerprint density at radius 2 is 0.759 bits per heavy atom. The lowest BCUT2D eigenvalue weighted by atomic mass is 9.95. The van der Waals surface area contributed by atoms with E-state index in [0.29, 0.717) is 0 Å². The summed E-state index contributed by atoms with van der Waals surface area (Å²) in [5.41, 5.74) is 14.3. The molecule has 0 amide bonds. The Balaban J connectivity index is 1.19. The van der Waals surface area contributed by atoms with Gasteiger partial charge in [0.2, 0.25) is 0 Å². The summed E-state index contributed by atoms with van der Waals surface area (Å²) in [5, 5.41) is 4.51. The third-order valence-corrected chi connectivity index (χ3v) is 10.5. The van der Waals surface area contributed by atoms with Gasteiger partial charge in [-0.15, -0.1) is 0 Å². The zero-order valence-electron chi connectivity index (χ0n) is 29.6. The van der Waals surface area contributed by atoms with Crippen LogP contribution in [0.1, 0.15) is 0 Å². The summed E-state index contributed by atoms with van der Waals surface area (Å²) in [6, 6.07) is 75.8. The number of nitrogens with zero attached hydrogens (tertiary/aromatic N) is 1. The fourth-order valence-corrected chi connectivity index (χ4v) is 7.76. The molecule has 2 nitrogen and oxygen atoms in total. The Labute approximate surface area is 314 Å². The topological polar surface area (TPSA) is 16.4 Å². The van der Waals surface area contributed by atoms with E-state index in [1.165, 1.54) is 33.4 Å². The lowest BCUT2D eigenvalue weighted by molar-refractivity contribution is 0.673. The molecule has 1 heterocycles. The predicted molar refractivity (Wildman–Crippen MR) is 228 cm³/mol. The highest BCUT2D eigenvalue weighted by atomic mass is 16.3. The second-order valence-electron chi connectivity index (χ2n) is 13.7. The van der Waals surface area contributed by atoms with E-state index in [1.54, 1.807) is 0 Å². The number of anilines is 3. The summed E-state index contributed by atoms with van der Waals surface area (Å²) in [5.74, 6) is 0. The lowest BCUT2D eigenvalue weighted by Crippen LogP contribution is -2.10. The Bertz CT molecular complexity index is 2790. The highest BCUT2D eigenvalue weighted by Crippen LogP contribution is 2.45. The third-order valence-electron chi connectivity index (χ3n) is 10.5. The fourth-order valence-electron chi connectivity index (χ4n) is 7.76.